The highest BCUT2D eigenvalue weighted by molar-refractivity contribution is 7.99. The van der Waals surface area contributed by atoms with Gasteiger partial charge in [-0.25, -0.2) is 9.47 Å². The van der Waals surface area contributed by atoms with E-state index in [1.807, 2.05) is 31.2 Å². The zero-order valence-corrected chi connectivity index (χ0v) is 16.9. The Labute approximate surface area is 172 Å². The maximum absolute atomic E-state index is 12.2. The summed E-state index contributed by atoms with van der Waals surface area (Å²) in [4.78, 5) is 23.9. The molecule has 0 saturated carbocycles. The Balaban J connectivity index is 1.57. The summed E-state index contributed by atoms with van der Waals surface area (Å²) in [5.41, 5.74) is 3.00. The molecule has 0 aliphatic carbocycles. The molecule has 3 aromatic rings. The number of hydrogen-bond donors (Lipinski definition) is 2. The molecule has 1 amide bonds. The largest absolute Gasteiger partial charge is 0.462 e. The van der Waals surface area contributed by atoms with Gasteiger partial charge in [0.15, 0.2) is 5.82 Å². The zero-order chi connectivity index (χ0) is 20.8. The number of nitrogens with two attached hydrogens (primary N) is 1. The summed E-state index contributed by atoms with van der Waals surface area (Å²) in [7, 11) is 0. The molecule has 1 heterocycles. The van der Waals surface area contributed by atoms with Crippen molar-refractivity contribution in [2.45, 2.75) is 19.0 Å². The molecule has 0 unspecified atom stereocenters. The van der Waals surface area contributed by atoms with E-state index in [-0.39, 0.29) is 11.7 Å². The zero-order valence-electron chi connectivity index (χ0n) is 16.1. The van der Waals surface area contributed by atoms with Crippen molar-refractivity contribution >= 4 is 29.3 Å². The number of hydrogen-bond acceptors (Lipinski definition) is 7. The Morgan fingerprint density at radius 2 is 1.79 bits per heavy atom. The van der Waals surface area contributed by atoms with E-state index >= 15 is 0 Å². The second-order valence-corrected chi connectivity index (χ2v) is 7.12. The second-order valence-electron chi connectivity index (χ2n) is 6.18. The molecule has 150 valence electrons. The highest BCUT2D eigenvalue weighted by atomic mass is 32.2. The van der Waals surface area contributed by atoms with Gasteiger partial charge in [-0.3, -0.25) is 4.79 Å². The van der Waals surface area contributed by atoms with Crippen LogP contribution in [0.15, 0.2) is 53.7 Å². The van der Waals surface area contributed by atoms with E-state index in [0.29, 0.717) is 28.8 Å². The average Bonchev–Trinajstić information content (AvgIpc) is 3.08. The Morgan fingerprint density at radius 3 is 2.45 bits per heavy atom. The second kappa shape index (κ2) is 9.24. The number of carbonyl (C=O) groups is 2. The SMILES string of the molecule is CCOC(=O)c1ccc(NC(=O)CSc2nnc(-c3ccc(C)cc3)n2N)cc1. The first-order valence-electron chi connectivity index (χ1n) is 8.95. The topological polar surface area (TPSA) is 112 Å². The number of nitrogens with zero attached hydrogens (tertiary/aromatic N) is 3. The number of esters is 1. The van der Waals surface area contributed by atoms with Gasteiger partial charge in [0, 0.05) is 11.3 Å². The van der Waals surface area contributed by atoms with E-state index < -0.39 is 5.97 Å². The van der Waals surface area contributed by atoms with Crippen LogP contribution in [-0.4, -0.2) is 39.1 Å². The van der Waals surface area contributed by atoms with E-state index in [9.17, 15) is 9.59 Å². The summed E-state index contributed by atoms with van der Waals surface area (Å²) >= 11 is 1.19. The molecular formula is C20H21N5O3S. The third-order valence-corrected chi connectivity index (χ3v) is 4.93. The first kappa shape index (κ1) is 20.4. The molecule has 9 heteroatoms. The number of rotatable bonds is 7. The maximum Gasteiger partial charge on any atom is 0.338 e. The number of carbonyl (C=O) groups excluding carboxylic acids is 2. The summed E-state index contributed by atoms with van der Waals surface area (Å²) < 4.78 is 6.30. The third-order valence-electron chi connectivity index (χ3n) is 3.99. The van der Waals surface area contributed by atoms with Crippen LogP contribution < -0.4 is 11.2 Å². The summed E-state index contributed by atoms with van der Waals surface area (Å²) in [5.74, 6) is 6.10. The molecule has 8 nitrogen and oxygen atoms in total. The Bertz CT molecular complexity index is 1000. The fourth-order valence-electron chi connectivity index (χ4n) is 2.51. The van der Waals surface area contributed by atoms with Crippen molar-refractivity contribution in [3.8, 4) is 11.4 Å². The van der Waals surface area contributed by atoms with E-state index in [2.05, 4.69) is 15.5 Å². The highest BCUT2D eigenvalue weighted by Gasteiger charge is 2.14. The molecular weight excluding hydrogens is 390 g/mol. The van der Waals surface area contributed by atoms with Crippen molar-refractivity contribution in [2.75, 3.05) is 23.5 Å². The van der Waals surface area contributed by atoms with Gasteiger partial charge >= 0.3 is 5.97 Å². The predicted octanol–water partition coefficient (Wildman–Crippen LogP) is 2.87. The molecule has 0 aliphatic rings. The number of nitrogen functional groups attached to an aromatic ring is 1. The number of nitrogens with one attached hydrogen (secondary N) is 1. The van der Waals surface area contributed by atoms with Gasteiger partial charge in [0.25, 0.3) is 0 Å². The van der Waals surface area contributed by atoms with Crippen LogP contribution in [0.25, 0.3) is 11.4 Å². The molecule has 1 aromatic heterocycles. The van der Waals surface area contributed by atoms with Gasteiger partial charge in [-0.2, -0.15) is 0 Å². The highest BCUT2D eigenvalue weighted by Crippen LogP contribution is 2.22. The van der Waals surface area contributed by atoms with Gasteiger partial charge in [0.2, 0.25) is 11.1 Å². The number of thioether (sulfide) groups is 1. The third kappa shape index (κ3) is 5.14. The number of ether oxygens (including phenoxy) is 1. The summed E-state index contributed by atoms with van der Waals surface area (Å²) in [6.45, 7) is 4.06. The van der Waals surface area contributed by atoms with Crippen molar-refractivity contribution in [1.82, 2.24) is 14.9 Å². The monoisotopic (exact) mass is 411 g/mol. The van der Waals surface area contributed by atoms with Gasteiger partial charge in [-0.05, 0) is 38.1 Å². The lowest BCUT2D eigenvalue weighted by Gasteiger charge is -2.07. The van der Waals surface area contributed by atoms with Crippen LogP contribution in [0.4, 0.5) is 5.69 Å². The Kier molecular flexibility index (Phi) is 6.50. The van der Waals surface area contributed by atoms with Crippen molar-refractivity contribution in [3.63, 3.8) is 0 Å². The van der Waals surface area contributed by atoms with Crippen LogP contribution in [0.5, 0.6) is 0 Å². The van der Waals surface area contributed by atoms with Gasteiger partial charge in [-0.1, -0.05) is 41.6 Å². The van der Waals surface area contributed by atoms with Crippen LogP contribution in [0.2, 0.25) is 0 Å². The normalized spacial score (nSPS) is 10.6. The van der Waals surface area contributed by atoms with Crippen LogP contribution in [0.1, 0.15) is 22.8 Å². The molecule has 0 radical (unpaired) electrons. The van der Waals surface area contributed by atoms with Crippen molar-refractivity contribution in [1.29, 1.82) is 0 Å². The molecule has 0 atom stereocenters. The number of aryl methyl sites for hydroxylation is 1. The lowest BCUT2D eigenvalue weighted by molar-refractivity contribution is -0.113. The number of aromatic nitrogens is 3. The Hall–Kier alpha value is -3.33. The first-order valence-corrected chi connectivity index (χ1v) is 9.94. The number of benzene rings is 2. The minimum Gasteiger partial charge on any atom is -0.462 e. The lowest BCUT2D eigenvalue weighted by atomic mass is 10.1. The average molecular weight is 411 g/mol. The van der Waals surface area contributed by atoms with Crippen LogP contribution in [0.3, 0.4) is 0 Å². The molecule has 0 aliphatic heterocycles. The number of anilines is 1. The molecule has 3 N–H and O–H groups in total. The molecule has 29 heavy (non-hydrogen) atoms. The minimum absolute atomic E-state index is 0.114. The van der Waals surface area contributed by atoms with Crippen LogP contribution in [-0.2, 0) is 9.53 Å². The van der Waals surface area contributed by atoms with Crippen LogP contribution >= 0.6 is 11.8 Å². The summed E-state index contributed by atoms with van der Waals surface area (Å²) in [6.07, 6.45) is 0. The maximum atomic E-state index is 12.2. The summed E-state index contributed by atoms with van der Waals surface area (Å²) in [6, 6.07) is 14.3. The van der Waals surface area contributed by atoms with E-state index in [4.69, 9.17) is 10.6 Å². The smallest absolute Gasteiger partial charge is 0.338 e. The molecule has 0 fully saturated rings. The molecule has 0 spiro atoms. The fraction of sp³-hybridized carbons (Fsp3) is 0.200. The lowest BCUT2D eigenvalue weighted by Crippen LogP contribution is -2.16. The molecule has 0 bridgehead atoms. The van der Waals surface area contributed by atoms with Crippen LogP contribution in [0, 0.1) is 6.92 Å². The first-order chi connectivity index (χ1) is 14.0. The van der Waals surface area contributed by atoms with Crippen molar-refractivity contribution in [2.24, 2.45) is 0 Å². The van der Waals surface area contributed by atoms with Gasteiger partial charge < -0.3 is 15.9 Å². The Morgan fingerprint density at radius 1 is 1.10 bits per heavy atom. The molecule has 0 saturated heterocycles. The van der Waals surface area contributed by atoms with Gasteiger partial charge in [-0.15, -0.1) is 10.2 Å². The van der Waals surface area contributed by atoms with Gasteiger partial charge in [0.1, 0.15) is 0 Å². The van der Waals surface area contributed by atoms with Gasteiger partial charge in [0.05, 0.1) is 17.9 Å². The molecule has 3 rings (SSSR count). The predicted molar refractivity (Wildman–Crippen MR) is 112 cm³/mol. The number of amides is 1. The van der Waals surface area contributed by atoms with Crippen molar-refractivity contribution < 1.29 is 14.3 Å². The summed E-state index contributed by atoms with van der Waals surface area (Å²) in [5, 5.41) is 11.4. The minimum atomic E-state index is -0.396. The standard InChI is InChI=1S/C20H21N5O3S/c1-3-28-19(27)15-8-10-16(11-9-15)22-17(26)12-29-20-24-23-18(25(20)21)14-6-4-13(2)5-7-14/h4-11H,3,12,21H2,1-2H3,(H,22,26). The molecule has 2 aromatic carbocycles. The van der Waals surface area contributed by atoms with E-state index in [1.165, 1.54) is 16.4 Å². The fourth-order valence-corrected chi connectivity index (χ4v) is 3.16. The van der Waals surface area contributed by atoms with Crippen molar-refractivity contribution in [3.05, 3.63) is 59.7 Å². The van der Waals surface area contributed by atoms with E-state index in [1.54, 1.807) is 31.2 Å². The van der Waals surface area contributed by atoms with E-state index in [0.717, 1.165) is 11.1 Å². The quantitative estimate of drug-likeness (QED) is 0.349.